The molecule has 21 heavy (non-hydrogen) atoms. The predicted octanol–water partition coefficient (Wildman–Crippen LogP) is 4.28. The maximum absolute atomic E-state index is 12.2. The van der Waals surface area contributed by atoms with Crippen LogP contribution in [0.3, 0.4) is 0 Å². The van der Waals surface area contributed by atoms with Crippen LogP contribution in [0.2, 0.25) is 5.02 Å². The van der Waals surface area contributed by atoms with Crippen molar-refractivity contribution in [2.75, 3.05) is 5.32 Å². The number of carbonyl (C=O) groups is 1. The molecule has 1 aliphatic rings. The molecule has 0 aliphatic carbocycles. The molecule has 2 aromatic carbocycles. The monoisotopic (exact) mass is 298 g/mol. The smallest absolute Gasteiger partial charge is 0.275 e. The highest BCUT2D eigenvalue weighted by atomic mass is 35.5. The molecule has 0 saturated heterocycles. The number of aryl methyl sites for hydroxylation is 2. The number of nitrogens with zero attached hydrogens (tertiary/aromatic N) is 1. The fourth-order valence-electron chi connectivity index (χ4n) is 2.51. The number of aliphatic imine (C=N–C) groups is 1. The highest BCUT2D eigenvalue weighted by Crippen LogP contribution is 2.34. The normalized spacial score (nSPS) is 15.2. The van der Waals surface area contributed by atoms with Crippen molar-refractivity contribution >= 4 is 34.6 Å². The molecule has 1 aliphatic heterocycles. The SMILES string of the molecule is CCc1ccccc1N=C1C(=O)Nc2c(C)ccc(Cl)c21. The van der Waals surface area contributed by atoms with Crippen molar-refractivity contribution < 1.29 is 4.79 Å². The van der Waals surface area contributed by atoms with E-state index in [1.54, 1.807) is 6.07 Å². The molecule has 1 amide bonds. The number of nitrogens with one attached hydrogen (secondary N) is 1. The zero-order valence-corrected chi connectivity index (χ0v) is 12.7. The van der Waals surface area contributed by atoms with E-state index in [1.165, 1.54) is 0 Å². The molecule has 0 saturated carbocycles. The Balaban J connectivity index is 2.19. The molecule has 0 aromatic heterocycles. The molecule has 1 N–H and O–H groups in total. The van der Waals surface area contributed by atoms with E-state index in [1.807, 2.05) is 37.3 Å². The molecule has 1 heterocycles. The first-order valence-electron chi connectivity index (χ1n) is 6.89. The lowest BCUT2D eigenvalue weighted by Crippen LogP contribution is -2.14. The number of para-hydroxylation sites is 1. The molecule has 4 heteroatoms. The second-order valence-electron chi connectivity index (χ2n) is 5.01. The van der Waals surface area contributed by atoms with Crippen molar-refractivity contribution in [1.82, 2.24) is 0 Å². The fraction of sp³-hybridized carbons (Fsp3) is 0.176. The number of benzene rings is 2. The third-order valence-electron chi connectivity index (χ3n) is 3.66. The summed E-state index contributed by atoms with van der Waals surface area (Å²) in [5, 5.41) is 3.40. The summed E-state index contributed by atoms with van der Waals surface area (Å²) in [5.74, 6) is -0.202. The van der Waals surface area contributed by atoms with Crippen LogP contribution in [0.5, 0.6) is 0 Å². The quantitative estimate of drug-likeness (QED) is 0.883. The van der Waals surface area contributed by atoms with Crippen LogP contribution in [-0.2, 0) is 11.2 Å². The van der Waals surface area contributed by atoms with Gasteiger partial charge in [-0.1, -0.05) is 42.8 Å². The van der Waals surface area contributed by atoms with Gasteiger partial charge in [-0.2, -0.15) is 0 Å². The van der Waals surface area contributed by atoms with Gasteiger partial charge in [0.2, 0.25) is 0 Å². The van der Waals surface area contributed by atoms with E-state index in [4.69, 9.17) is 11.6 Å². The molecule has 0 bridgehead atoms. The van der Waals surface area contributed by atoms with Crippen molar-refractivity contribution in [2.24, 2.45) is 4.99 Å². The number of halogens is 1. The zero-order chi connectivity index (χ0) is 15.0. The van der Waals surface area contributed by atoms with Gasteiger partial charge in [0.1, 0.15) is 5.71 Å². The highest BCUT2D eigenvalue weighted by Gasteiger charge is 2.29. The number of hydrogen-bond donors (Lipinski definition) is 1. The van der Waals surface area contributed by atoms with Gasteiger partial charge in [-0.25, -0.2) is 4.99 Å². The molecule has 106 valence electrons. The Morgan fingerprint density at radius 3 is 2.71 bits per heavy atom. The number of carbonyl (C=O) groups excluding carboxylic acids is 1. The second-order valence-corrected chi connectivity index (χ2v) is 5.42. The van der Waals surface area contributed by atoms with Crippen LogP contribution in [-0.4, -0.2) is 11.6 Å². The maximum atomic E-state index is 12.2. The first-order chi connectivity index (χ1) is 10.1. The van der Waals surface area contributed by atoms with Gasteiger partial charge < -0.3 is 5.32 Å². The first-order valence-corrected chi connectivity index (χ1v) is 7.27. The Hall–Kier alpha value is -2.13. The Bertz CT molecular complexity index is 765. The van der Waals surface area contributed by atoms with Crippen LogP contribution >= 0.6 is 11.6 Å². The molecule has 0 fully saturated rings. The van der Waals surface area contributed by atoms with Gasteiger partial charge in [0.05, 0.1) is 16.4 Å². The van der Waals surface area contributed by atoms with E-state index in [9.17, 15) is 4.79 Å². The Morgan fingerprint density at radius 1 is 1.19 bits per heavy atom. The van der Waals surface area contributed by atoms with Crippen LogP contribution < -0.4 is 5.32 Å². The molecule has 0 atom stereocenters. The van der Waals surface area contributed by atoms with Crippen molar-refractivity contribution in [3.8, 4) is 0 Å². The fourth-order valence-corrected chi connectivity index (χ4v) is 2.75. The predicted molar refractivity (Wildman–Crippen MR) is 86.8 cm³/mol. The van der Waals surface area contributed by atoms with Gasteiger partial charge in [0.25, 0.3) is 5.91 Å². The average Bonchev–Trinajstić information content (AvgIpc) is 2.82. The summed E-state index contributed by atoms with van der Waals surface area (Å²) in [6.07, 6.45) is 0.864. The average molecular weight is 299 g/mol. The summed E-state index contributed by atoms with van der Waals surface area (Å²) in [4.78, 5) is 16.8. The van der Waals surface area contributed by atoms with Crippen LogP contribution in [0.25, 0.3) is 0 Å². The van der Waals surface area contributed by atoms with Crippen molar-refractivity contribution in [3.63, 3.8) is 0 Å². The van der Waals surface area contributed by atoms with Gasteiger partial charge in [0.15, 0.2) is 0 Å². The van der Waals surface area contributed by atoms with Crippen LogP contribution in [0, 0.1) is 6.92 Å². The Kier molecular flexibility index (Phi) is 3.52. The summed E-state index contributed by atoms with van der Waals surface area (Å²) < 4.78 is 0. The van der Waals surface area contributed by atoms with E-state index in [2.05, 4.69) is 17.2 Å². The molecule has 0 unspecified atom stereocenters. The van der Waals surface area contributed by atoms with Crippen molar-refractivity contribution in [3.05, 3.63) is 58.1 Å². The number of amides is 1. The molecule has 3 rings (SSSR count). The minimum absolute atomic E-state index is 0.202. The van der Waals surface area contributed by atoms with Crippen LogP contribution in [0.4, 0.5) is 11.4 Å². The molecule has 3 nitrogen and oxygen atoms in total. The number of fused-ring (bicyclic) bond motifs is 1. The van der Waals surface area contributed by atoms with Crippen LogP contribution in [0.1, 0.15) is 23.6 Å². The lowest BCUT2D eigenvalue weighted by molar-refractivity contribution is -0.110. The van der Waals surface area contributed by atoms with E-state index < -0.39 is 0 Å². The minimum Gasteiger partial charge on any atom is -0.320 e. The summed E-state index contributed by atoms with van der Waals surface area (Å²) in [6, 6.07) is 11.5. The molecule has 0 radical (unpaired) electrons. The Morgan fingerprint density at radius 2 is 1.95 bits per heavy atom. The van der Waals surface area contributed by atoms with E-state index in [0.29, 0.717) is 16.3 Å². The largest absolute Gasteiger partial charge is 0.320 e. The molecular formula is C17H15ClN2O. The lowest BCUT2D eigenvalue weighted by atomic mass is 10.1. The Labute approximate surface area is 128 Å². The van der Waals surface area contributed by atoms with Gasteiger partial charge >= 0.3 is 0 Å². The topological polar surface area (TPSA) is 41.5 Å². The highest BCUT2D eigenvalue weighted by molar-refractivity contribution is 6.57. The summed E-state index contributed by atoms with van der Waals surface area (Å²) in [5.41, 5.74) is 4.76. The second kappa shape index (κ2) is 5.34. The van der Waals surface area contributed by atoms with Gasteiger partial charge in [-0.15, -0.1) is 0 Å². The third-order valence-corrected chi connectivity index (χ3v) is 3.97. The van der Waals surface area contributed by atoms with Gasteiger partial charge in [0, 0.05) is 5.56 Å². The number of rotatable bonds is 2. The maximum Gasteiger partial charge on any atom is 0.275 e. The molecule has 2 aromatic rings. The summed E-state index contributed by atoms with van der Waals surface area (Å²) >= 11 is 6.27. The van der Waals surface area contributed by atoms with Gasteiger partial charge in [-0.05, 0) is 36.6 Å². The standard InChI is InChI=1S/C17H15ClN2O/c1-3-11-6-4-5-7-13(11)19-16-14-12(18)9-8-10(2)15(14)20-17(16)21/h4-9H,3H2,1-2H3,(H,19,20,21). The van der Waals surface area contributed by atoms with E-state index in [-0.39, 0.29) is 5.91 Å². The number of hydrogen-bond acceptors (Lipinski definition) is 2. The van der Waals surface area contributed by atoms with Crippen LogP contribution in [0.15, 0.2) is 41.4 Å². The zero-order valence-electron chi connectivity index (χ0n) is 11.9. The van der Waals surface area contributed by atoms with E-state index in [0.717, 1.165) is 28.9 Å². The third kappa shape index (κ3) is 2.34. The first kappa shape index (κ1) is 13.8. The molecular weight excluding hydrogens is 284 g/mol. The summed E-state index contributed by atoms with van der Waals surface area (Å²) in [6.45, 7) is 4.01. The van der Waals surface area contributed by atoms with Gasteiger partial charge in [-0.3, -0.25) is 4.79 Å². The molecule has 0 spiro atoms. The number of anilines is 1. The summed E-state index contributed by atoms with van der Waals surface area (Å²) in [7, 11) is 0. The lowest BCUT2D eigenvalue weighted by Gasteiger charge is -2.05. The minimum atomic E-state index is -0.202. The van der Waals surface area contributed by atoms with Crippen molar-refractivity contribution in [1.29, 1.82) is 0 Å². The van der Waals surface area contributed by atoms with Crippen molar-refractivity contribution in [2.45, 2.75) is 20.3 Å². The van der Waals surface area contributed by atoms with E-state index >= 15 is 0 Å².